The highest BCUT2D eigenvalue weighted by atomic mass is 16.4. The van der Waals surface area contributed by atoms with E-state index in [0.29, 0.717) is 24.4 Å². The molecule has 100 valence electrons. The molecule has 1 N–H and O–H groups in total. The Kier molecular flexibility index (Phi) is 3.55. The van der Waals surface area contributed by atoms with Crippen LogP contribution in [0.4, 0.5) is 0 Å². The second-order valence-electron chi connectivity index (χ2n) is 4.17. The van der Waals surface area contributed by atoms with Crippen molar-refractivity contribution >= 4 is 5.97 Å². The van der Waals surface area contributed by atoms with E-state index in [9.17, 15) is 9.90 Å². The zero-order chi connectivity index (χ0) is 13.9. The number of carboxylic acids is 1. The van der Waals surface area contributed by atoms with E-state index < -0.39 is 11.5 Å². The van der Waals surface area contributed by atoms with Crippen LogP contribution in [0.5, 0.6) is 0 Å². The van der Waals surface area contributed by atoms with E-state index in [-0.39, 0.29) is 0 Å². The second-order valence-corrected chi connectivity index (χ2v) is 4.17. The minimum atomic E-state index is -1.14. The predicted octanol–water partition coefficient (Wildman–Crippen LogP) is 1.33. The van der Waals surface area contributed by atoms with E-state index in [2.05, 4.69) is 20.5 Å². The van der Waals surface area contributed by atoms with E-state index in [1.165, 1.54) is 4.68 Å². The van der Waals surface area contributed by atoms with Gasteiger partial charge in [0.1, 0.15) is 5.69 Å². The van der Waals surface area contributed by atoms with Crippen LogP contribution in [0.15, 0.2) is 24.4 Å². The van der Waals surface area contributed by atoms with Gasteiger partial charge in [0.15, 0.2) is 5.54 Å². The van der Waals surface area contributed by atoms with Crippen LogP contribution in [-0.4, -0.2) is 36.3 Å². The molecule has 0 fully saturated rings. The number of carboxylic acid groups (broad SMARTS) is 1. The van der Waals surface area contributed by atoms with Crippen LogP contribution in [0.1, 0.15) is 26.7 Å². The zero-order valence-electron chi connectivity index (χ0n) is 10.8. The quantitative estimate of drug-likeness (QED) is 0.872. The lowest BCUT2D eigenvalue weighted by atomic mass is 9.93. The SMILES string of the molecule is CCC(CC)(C(=O)O)n1nnnc1-c1ccccn1. The van der Waals surface area contributed by atoms with E-state index in [1.807, 2.05) is 19.9 Å². The fraction of sp³-hybridized carbons (Fsp3) is 0.417. The van der Waals surface area contributed by atoms with E-state index in [4.69, 9.17) is 0 Å². The van der Waals surface area contributed by atoms with Gasteiger partial charge in [-0.3, -0.25) is 4.98 Å². The molecule has 0 aliphatic heterocycles. The van der Waals surface area contributed by atoms with Crippen molar-refractivity contribution in [2.75, 3.05) is 0 Å². The Morgan fingerprint density at radius 3 is 2.63 bits per heavy atom. The van der Waals surface area contributed by atoms with Gasteiger partial charge >= 0.3 is 5.97 Å². The molecule has 2 heterocycles. The number of carbonyl (C=O) groups is 1. The Labute approximate surface area is 110 Å². The molecule has 19 heavy (non-hydrogen) atoms. The van der Waals surface area contributed by atoms with Crippen molar-refractivity contribution in [2.45, 2.75) is 32.2 Å². The van der Waals surface area contributed by atoms with Crippen molar-refractivity contribution in [3.63, 3.8) is 0 Å². The first kappa shape index (κ1) is 13.1. The third-order valence-electron chi connectivity index (χ3n) is 3.34. The summed E-state index contributed by atoms with van der Waals surface area (Å²) < 4.78 is 1.36. The molecule has 2 aromatic heterocycles. The Hall–Kier alpha value is -2.31. The molecule has 0 spiro atoms. The summed E-state index contributed by atoms with van der Waals surface area (Å²) in [5, 5.41) is 20.9. The first-order chi connectivity index (χ1) is 9.15. The zero-order valence-corrected chi connectivity index (χ0v) is 10.8. The third kappa shape index (κ3) is 2.07. The topological polar surface area (TPSA) is 93.8 Å². The van der Waals surface area contributed by atoms with Crippen LogP contribution in [0, 0.1) is 0 Å². The minimum absolute atomic E-state index is 0.367. The summed E-state index contributed by atoms with van der Waals surface area (Å²) in [5.41, 5.74) is -0.587. The van der Waals surface area contributed by atoms with Gasteiger partial charge in [-0.2, -0.15) is 0 Å². The van der Waals surface area contributed by atoms with Gasteiger partial charge in [-0.05, 0) is 35.4 Å². The van der Waals surface area contributed by atoms with Crippen LogP contribution < -0.4 is 0 Å². The largest absolute Gasteiger partial charge is 0.479 e. The Balaban J connectivity index is 2.58. The van der Waals surface area contributed by atoms with Crippen molar-refractivity contribution in [3.8, 4) is 11.5 Å². The molecule has 0 saturated carbocycles. The number of rotatable bonds is 5. The van der Waals surface area contributed by atoms with E-state index >= 15 is 0 Å². The molecule has 0 amide bonds. The first-order valence-electron chi connectivity index (χ1n) is 6.09. The average Bonchev–Trinajstić information content (AvgIpc) is 2.91. The summed E-state index contributed by atoms with van der Waals surface area (Å²) in [5.74, 6) is -0.575. The molecule has 0 bridgehead atoms. The Morgan fingerprint density at radius 1 is 1.37 bits per heavy atom. The van der Waals surface area contributed by atoms with Crippen molar-refractivity contribution in [2.24, 2.45) is 0 Å². The monoisotopic (exact) mass is 261 g/mol. The highest BCUT2D eigenvalue weighted by molar-refractivity contribution is 5.77. The smallest absolute Gasteiger partial charge is 0.331 e. The van der Waals surface area contributed by atoms with Crippen molar-refractivity contribution in [1.29, 1.82) is 0 Å². The molecular formula is C12H15N5O2. The maximum atomic E-state index is 11.6. The van der Waals surface area contributed by atoms with Crippen molar-refractivity contribution in [1.82, 2.24) is 25.2 Å². The number of pyridine rings is 1. The van der Waals surface area contributed by atoms with Gasteiger partial charge in [0.25, 0.3) is 0 Å². The number of tetrazole rings is 1. The molecule has 0 aromatic carbocycles. The lowest BCUT2D eigenvalue weighted by Gasteiger charge is -2.27. The van der Waals surface area contributed by atoms with E-state index in [0.717, 1.165) is 0 Å². The molecule has 2 rings (SSSR count). The molecule has 7 heteroatoms. The van der Waals surface area contributed by atoms with Crippen LogP contribution in [0.25, 0.3) is 11.5 Å². The number of nitrogens with zero attached hydrogens (tertiary/aromatic N) is 5. The molecule has 0 atom stereocenters. The highest BCUT2D eigenvalue weighted by Gasteiger charge is 2.40. The van der Waals surface area contributed by atoms with Gasteiger partial charge in [-0.1, -0.05) is 19.9 Å². The number of aliphatic carboxylic acids is 1. The Morgan fingerprint density at radius 2 is 2.11 bits per heavy atom. The molecular weight excluding hydrogens is 246 g/mol. The van der Waals surface area contributed by atoms with Crippen LogP contribution in [0.2, 0.25) is 0 Å². The maximum absolute atomic E-state index is 11.6. The molecule has 0 aliphatic rings. The minimum Gasteiger partial charge on any atom is -0.479 e. The van der Waals surface area contributed by atoms with Crippen LogP contribution in [0.3, 0.4) is 0 Å². The molecule has 0 saturated heterocycles. The standard InChI is InChI=1S/C12H15N5O2/c1-3-12(4-2,11(18)19)17-10(14-15-16-17)9-7-5-6-8-13-9/h5-8H,3-4H2,1-2H3,(H,18,19). The number of aromatic nitrogens is 5. The number of hydrogen-bond acceptors (Lipinski definition) is 5. The fourth-order valence-corrected chi connectivity index (χ4v) is 2.07. The number of hydrogen-bond donors (Lipinski definition) is 1. The molecule has 0 aliphatic carbocycles. The van der Waals surface area contributed by atoms with Crippen LogP contribution >= 0.6 is 0 Å². The summed E-state index contributed by atoms with van der Waals surface area (Å²) in [7, 11) is 0. The molecule has 2 aromatic rings. The maximum Gasteiger partial charge on any atom is 0.331 e. The second kappa shape index (κ2) is 5.13. The van der Waals surface area contributed by atoms with E-state index in [1.54, 1.807) is 18.3 Å². The first-order valence-corrected chi connectivity index (χ1v) is 6.09. The molecule has 7 nitrogen and oxygen atoms in total. The van der Waals surface area contributed by atoms with Gasteiger partial charge in [0, 0.05) is 6.20 Å². The highest BCUT2D eigenvalue weighted by Crippen LogP contribution is 2.28. The lowest BCUT2D eigenvalue weighted by Crippen LogP contribution is -2.42. The summed E-state index contributed by atoms with van der Waals surface area (Å²) in [6, 6.07) is 5.34. The third-order valence-corrected chi connectivity index (χ3v) is 3.34. The van der Waals surface area contributed by atoms with Gasteiger partial charge in [-0.15, -0.1) is 5.10 Å². The van der Waals surface area contributed by atoms with Gasteiger partial charge in [-0.25, -0.2) is 9.48 Å². The molecule has 0 unspecified atom stereocenters. The Bertz CT molecular complexity index is 563. The van der Waals surface area contributed by atoms with Crippen molar-refractivity contribution in [3.05, 3.63) is 24.4 Å². The summed E-state index contributed by atoms with van der Waals surface area (Å²) in [6.45, 7) is 3.61. The van der Waals surface area contributed by atoms with Gasteiger partial charge in [0.2, 0.25) is 5.82 Å². The van der Waals surface area contributed by atoms with Crippen molar-refractivity contribution < 1.29 is 9.90 Å². The van der Waals surface area contributed by atoms with Gasteiger partial charge in [0.05, 0.1) is 0 Å². The van der Waals surface area contributed by atoms with Crippen LogP contribution in [-0.2, 0) is 10.3 Å². The normalized spacial score (nSPS) is 11.5. The summed E-state index contributed by atoms with van der Waals surface area (Å²) >= 11 is 0. The predicted molar refractivity (Wildman–Crippen MR) is 67.2 cm³/mol. The molecule has 0 radical (unpaired) electrons. The average molecular weight is 261 g/mol. The summed E-state index contributed by atoms with van der Waals surface area (Å²) in [6.07, 6.45) is 2.40. The lowest BCUT2D eigenvalue weighted by molar-refractivity contribution is -0.148. The fourth-order valence-electron chi connectivity index (χ4n) is 2.07. The summed E-state index contributed by atoms with van der Waals surface area (Å²) in [4.78, 5) is 15.8. The van der Waals surface area contributed by atoms with Gasteiger partial charge < -0.3 is 5.11 Å².